The lowest BCUT2D eigenvalue weighted by molar-refractivity contribution is 0.300. The summed E-state index contributed by atoms with van der Waals surface area (Å²) < 4.78 is 7.77. The second-order valence-electron chi connectivity index (χ2n) is 4.71. The first-order valence-corrected chi connectivity index (χ1v) is 8.58. The van der Waals surface area contributed by atoms with E-state index in [1.54, 1.807) is 0 Å². The molecule has 0 aromatic heterocycles. The normalized spacial score (nSPS) is 10.7. The summed E-state index contributed by atoms with van der Waals surface area (Å²) in [5, 5.41) is 0. The van der Waals surface area contributed by atoms with Gasteiger partial charge in [0.15, 0.2) is 0 Å². The number of rotatable bonds is 9. The molecule has 0 aliphatic carbocycles. The van der Waals surface area contributed by atoms with Gasteiger partial charge < -0.3 is 10.5 Å². The molecule has 0 fully saturated rings. The maximum Gasteiger partial charge on any atom is 0.147 e. The van der Waals surface area contributed by atoms with Crippen LogP contribution in [0.3, 0.4) is 0 Å². The van der Waals surface area contributed by atoms with Gasteiger partial charge in [-0.15, -0.1) is 0 Å². The molecule has 0 radical (unpaired) electrons. The summed E-state index contributed by atoms with van der Waals surface area (Å²) in [7, 11) is 0. The molecule has 19 heavy (non-hydrogen) atoms. The number of ether oxygens (including phenoxy) is 1. The summed E-state index contributed by atoms with van der Waals surface area (Å²) in [4.78, 5) is 0. The number of hydrogen-bond acceptors (Lipinski definition) is 2. The van der Waals surface area contributed by atoms with Crippen LogP contribution in [0.4, 0.5) is 0 Å². The number of hydrogen-bond donors (Lipinski definition) is 1. The zero-order chi connectivity index (χ0) is 14.1. The SMILES string of the molecule is CCCCCCCCOc1c(Br)cc(CN)cc1Br. The van der Waals surface area contributed by atoms with Gasteiger partial charge in [0.1, 0.15) is 5.75 Å². The van der Waals surface area contributed by atoms with Crippen LogP contribution in [0.5, 0.6) is 5.75 Å². The maximum absolute atomic E-state index is 5.84. The third kappa shape index (κ3) is 6.28. The number of benzene rings is 1. The molecule has 0 aliphatic rings. The van der Waals surface area contributed by atoms with Gasteiger partial charge in [-0.25, -0.2) is 0 Å². The predicted molar refractivity (Wildman–Crippen MR) is 88.6 cm³/mol. The highest BCUT2D eigenvalue weighted by molar-refractivity contribution is 9.11. The largest absolute Gasteiger partial charge is 0.491 e. The molecule has 0 atom stereocenters. The van der Waals surface area contributed by atoms with Gasteiger partial charge in [0.25, 0.3) is 0 Å². The number of halogens is 2. The van der Waals surface area contributed by atoms with Gasteiger partial charge in [-0.05, 0) is 56.0 Å². The van der Waals surface area contributed by atoms with Gasteiger partial charge in [-0.2, -0.15) is 0 Å². The van der Waals surface area contributed by atoms with Crippen molar-refractivity contribution < 1.29 is 4.74 Å². The summed E-state index contributed by atoms with van der Waals surface area (Å²) in [5.41, 5.74) is 6.72. The molecule has 1 aromatic rings. The molecule has 2 nitrogen and oxygen atoms in total. The fourth-order valence-electron chi connectivity index (χ4n) is 1.92. The second kappa shape index (κ2) is 9.78. The van der Waals surface area contributed by atoms with E-state index >= 15 is 0 Å². The average molecular weight is 393 g/mol. The van der Waals surface area contributed by atoms with Gasteiger partial charge in [0, 0.05) is 6.54 Å². The van der Waals surface area contributed by atoms with E-state index in [0.29, 0.717) is 6.54 Å². The molecule has 0 amide bonds. The molecule has 4 heteroatoms. The molecule has 0 heterocycles. The molecule has 0 saturated heterocycles. The van der Waals surface area contributed by atoms with Gasteiger partial charge in [0.2, 0.25) is 0 Å². The van der Waals surface area contributed by atoms with Crippen LogP contribution in [0.2, 0.25) is 0 Å². The Hall–Kier alpha value is -0.0600. The van der Waals surface area contributed by atoms with E-state index in [9.17, 15) is 0 Å². The summed E-state index contributed by atoms with van der Waals surface area (Å²) in [5.74, 6) is 0.880. The standard InChI is InChI=1S/C15H23Br2NO/c1-2-3-4-5-6-7-8-19-15-13(16)9-12(11-18)10-14(15)17/h9-10H,2-8,11,18H2,1H3. The molecular weight excluding hydrogens is 370 g/mol. The third-order valence-corrected chi connectivity index (χ3v) is 4.22. The molecule has 2 N–H and O–H groups in total. The average Bonchev–Trinajstić information content (AvgIpc) is 2.40. The van der Waals surface area contributed by atoms with E-state index in [0.717, 1.165) is 33.3 Å². The fourth-order valence-corrected chi connectivity index (χ4v) is 3.43. The summed E-state index contributed by atoms with van der Waals surface area (Å²) in [6.07, 6.45) is 7.65. The third-order valence-electron chi connectivity index (χ3n) is 3.04. The Morgan fingerprint density at radius 2 is 1.58 bits per heavy atom. The van der Waals surface area contributed by atoms with Gasteiger partial charge in [-0.1, -0.05) is 39.0 Å². The molecule has 0 bridgehead atoms. The van der Waals surface area contributed by atoms with Crippen LogP contribution < -0.4 is 10.5 Å². The lowest BCUT2D eigenvalue weighted by Gasteiger charge is -2.11. The first-order chi connectivity index (χ1) is 9.19. The minimum atomic E-state index is 0.537. The zero-order valence-corrected chi connectivity index (χ0v) is 14.7. The molecule has 108 valence electrons. The monoisotopic (exact) mass is 391 g/mol. The molecule has 0 saturated carbocycles. The smallest absolute Gasteiger partial charge is 0.147 e. The fraction of sp³-hybridized carbons (Fsp3) is 0.600. The van der Waals surface area contributed by atoms with Crippen LogP contribution in [0, 0.1) is 0 Å². The van der Waals surface area contributed by atoms with E-state index in [2.05, 4.69) is 38.8 Å². The van der Waals surface area contributed by atoms with Crippen molar-refractivity contribution in [2.45, 2.75) is 52.0 Å². The van der Waals surface area contributed by atoms with Crippen molar-refractivity contribution >= 4 is 31.9 Å². The van der Waals surface area contributed by atoms with Crippen LogP contribution in [-0.4, -0.2) is 6.61 Å². The van der Waals surface area contributed by atoms with Crippen molar-refractivity contribution in [3.8, 4) is 5.75 Å². The quantitative estimate of drug-likeness (QED) is 0.570. The molecule has 0 unspecified atom stereocenters. The first kappa shape index (κ1) is 17.0. The Balaban J connectivity index is 2.33. The Kier molecular flexibility index (Phi) is 8.75. The van der Waals surface area contributed by atoms with E-state index in [4.69, 9.17) is 10.5 Å². The van der Waals surface area contributed by atoms with Gasteiger partial charge >= 0.3 is 0 Å². The lowest BCUT2D eigenvalue weighted by Crippen LogP contribution is -2.01. The van der Waals surface area contributed by atoms with E-state index in [1.165, 1.54) is 32.1 Å². The van der Waals surface area contributed by atoms with Crippen molar-refractivity contribution in [2.75, 3.05) is 6.61 Å². The van der Waals surface area contributed by atoms with E-state index in [-0.39, 0.29) is 0 Å². The van der Waals surface area contributed by atoms with Gasteiger partial charge in [-0.3, -0.25) is 0 Å². The van der Waals surface area contributed by atoms with Crippen molar-refractivity contribution in [1.29, 1.82) is 0 Å². The van der Waals surface area contributed by atoms with Crippen molar-refractivity contribution in [3.63, 3.8) is 0 Å². The highest BCUT2D eigenvalue weighted by Gasteiger charge is 2.08. The number of nitrogens with two attached hydrogens (primary N) is 1. The van der Waals surface area contributed by atoms with Crippen molar-refractivity contribution in [2.24, 2.45) is 5.73 Å². The first-order valence-electron chi connectivity index (χ1n) is 6.99. The summed E-state index contributed by atoms with van der Waals surface area (Å²) in [6, 6.07) is 4.03. The number of unbranched alkanes of at least 4 members (excludes halogenated alkanes) is 5. The molecule has 1 rings (SSSR count). The maximum atomic E-state index is 5.84. The van der Waals surface area contributed by atoms with Crippen molar-refractivity contribution in [3.05, 3.63) is 26.6 Å². The summed E-state index contributed by atoms with van der Waals surface area (Å²) >= 11 is 7.06. The highest BCUT2D eigenvalue weighted by Crippen LogP contribution is 2.34. The second-order valence-corrected chi connectivity index (χ2v) is 6.42. The molecule has 0 aliphatic heterocycles. The molecular formula is C15H23Br2NO. The lowest BCUT2D eigenvalue weighted by atomic mass is 10.1. The van der Waals surface area contributed by atoms with Crippen LogP contribution >= 0.6 is 31.9 Å². The van der Waals surface area contributed by atoms with Crippen LogP contribution in [-0.2, 0) is 6.54 Å². The Morgan fingerprint density at radius 1 is 1.00 bits per heavy atom. The van der Waals surface area contributed by atoms with Crippen LogP contribution in [0.15, 0.2) is 21.1 Å². The van der Waals surface area contributed by atoms with E-state index in [1.807, 2.05) is 12.1 Å². The Morgan fingerprint density at radius 3 is 2.16 bits per heavy atom. The zero-order valence-electron chi connectivity index (χ0n) is 11.6. The minimum Gasteiger partial charge on any atom is -0.491 e. The van der Waals surface area contributed by atoms with Crippen LogP contribution in [0.25, 0.3) is 0 Å². The van der Waals surface area contributed by atoms with E-state index < -0.39 is 0 Å². The Labute approximate surface area is 133 Å². The topological polar surface area (TPSA) is 35.2 Å². The summed E-state index contributed by atoms with van der Waals surface area (Å²) in [6.45, 7) is 3.55. The predicted octanol–water partition coefficient (Wildman–Crippen LogP) is 5.41. The minimum absolute atomic E-state index is 0.537. The molecule has 0 spiro atoms. The Bertz CT molecular complexity index is 359. The molecule has 1 aromatic carbocycles. The van der Waals surface area contributed by atoms with Gasteiger partial charge in [0.05, 0.1) is 15.6 Å². The highest BCUT2D eigenvalue weighted by atomic mass is 79.9. The van der Waals surface area contributed by atoms with Crippen molar-refractivity contribution in [1.82, 2.24) is 0 Å². The van der Waals surface area contributed by atoms with Crippen LogP contribution in [0.1, 0.15) is 51.0 Å².